The van der Waals surface area contributed by atoms with E-state index in [0.717, 1.165) is 49.4 Å². The number of para-hydroxylation sites is 1. The van der Waals surface area contributed by atoms with Crippen LogP contribution in [0.25, 0.3) is 10.9 Å². The topological polar surface area (TPSA) is 48.4 Å². The van der Waals surface area contributed by atoms with Gasteiger partial charge < -0.3 is 9.47 Å². The van der Waals surface area contributed by atoms with Crippen molar-refractivity contribution in [2.45, 2.75) is 65.2 Å². The average molecular weight is 402 g/mol. The van der Waals surface area contributed by atoms with Crippen LogP contribution in [0.1, 0.15) is 65.2 Å². The maximum Gasteiger partial charge on any atom is 0.367 e. The van der Waals surface area contributed by atoms with E-state index >= 15 is 0 Å². The molecule has 0 amide bonds. The number of fused-ring (bicyclic) bond motifs is 1. The molecule has 0 aliphatic rings. The highest BCUT2D eigenvalue weighted by Gasteiger charge is 2.12. The second kappa shape index (κ2) is 12.9. The highest BCUT2D eigenvalue weighted by atomic mass is 19.1. The Hall–Kier alpha value is -2.43. The Kier molecular flexibility index (Phi) is 10.2. The molecule has 1 aromatic heterocycles. The Labute approximate surface area is 173 Å². The molecule has 2 rings (SSSR count). The number of hydrogen-bond donors (Lipinski definition) is 0. The van der Waals surface area contributed by atoms with Crippen LogP contribution < -0.4 is 4.74 Å². The highest BCUT2D eigenvalue weighted by Crippen LogP contribution is 2.18. The van der Waals surface area contributed by atoms with Crippen molar-refractivity contribution in [3.63, 3.8) is 0 Å². The van der Waals surface area contributed by atoms with Crippen molar-refractivity contribution in [3.8, 4) is 5.88 Å². The predicted molar refractivity (Wildman–Crippen MR) is 115 cm³/mol. The number of rotatable bonds is 13. The average Bonchev–Trinajstić information content (AvgIpc) is 2.74. The van der Waals surface area contributed by atoms with E-state index in [-0.39, 0.29) is 6.61 Å². The lowest BCUT2D eigenvalue weighted by atomic mass is 10.0. The van der Waals surface area contributed by atoms with Gasteiger partial charge in [0.05, 0.1) is 18.7 Å². The summed E-state index contributed by atoms with van der Waals surface area (Å²) >= 11 is 0. The van der Waals surface area contributed by atoms with Crippen LogP contribution in [0.5, 0.6) is 5.88 Å². The molecule has 1 aromatic carbocycles. The SMILES string of the molecule is CCOC(=O)C(F)=C(C)CCCCCCCCCOc1ccc2ccccc2n1. The minimum Gasteiger partial charge on any atom is -0.478 e. The number of ether oxygens (including phenoxy) is 2. The normalized spacial score (nSPS) is 12.0. The van der Waals surface area contributed by atoms with E-state index < -0.39 is 11.8 Å². The van der Waals surface area contributed by atoms with E-state index in [4.69, 9.17) is 4.74 Å². The van der Waals surface area contributed by atoms with Crippen LogP contribution in [0.15, 0.2) is 47.8 Å². The third-order valence-electron chi connectivity index (χ3n) is 4.85. The van der Waals surface area contributed by atoms with Crippen molar-refractivity contribution in [3.05, 3.63) is 47.8 Å². The second-order valence-electron chi connectivity index (χ2n) is 7.23. The summed E-state index contributed by atoms with van der Waals surface area (Å²) in [6.07, 6.45) is 8.15. The zero-order valence-corrected chi connectivity index (χ0v) is 17.6. The fraction of sp³-hybridized carbons (Fsp3) is 0.500. The lowest BCUT2D eigenvalue weighted by molar-refractivity contribution is -0.140. The number of halogens is 1. The van der Waals surface area contributed by atoms with Crippen LogP contribution in [0, 0.1) is 0 Å². The minimum atomic E-state index is -0.842. The minimum absolute atomic E-state index is 0.198. The number of hydrogen-bond acceptors (Lipinski definition) is 4. The molecule has 158 valence electrons. The Balaban J connectivity index is 1.50. The predicted octanol–water partition coefficient (Wildman–Crippen LogP) is 6.54. The summed E-state index contributed by atoms with van der Waals surface area (Å²) in [6, 6.07) is 12.0. The van der Waals surface area contributed by atoms with Crippen LogP contribution in [-0.2, 0) is 9.53 Å². The molecule has 0 atom stereocenters. The Morgan fingerprint density at radius 3 is 2.41 bits per heavy atom. The molecule has 0 saturated heterocycles. The summed E-state index contributed by atoms with van der Waals surface area (Å²) in [7, 11) is 0. The van der Waals surface area contributed by atoms with Gasteiger partial charge in [-0.2, -0.15) is 4.39 Å². The van der Waals surface area contributed by atoms with Gasteiger partial charge in [-0.15, -0.1) is 0 Å². The zero-order valence-electron chi connectivity index (χ0n) is 17.6. The molecule has 0 radical (unpaired) electrons. The first kappa shape index (κ1) is 22.9. The molecule has 0 fully saturated rings. The van der Waals surface area contributed by atoms with Crippen molar-refractivity contribution < 1.29 is 18.7 Å². The van der Waals surface area contributed by atoms with Gasteiger partial charge in [0.1, 0.15) is 0 Å². The summed E-state index contributed by atoms with van der Waals surface area (Å²) in [4.78, 5) is 15.8. The number of carbonyl (C=O) groups is 1. The molecule has 4 nitrogen and oxygen atoms in total. The smallest absolute Gasteiger partial charge is 0.367 e. The summed E-state index contributed by atoms with van der Waals surface area (Å²) in [5.74, 6) is -0.888. The summed E-state index contributed by atoms with van der Waals surface area (Å²) in [6.45, 7) is 4.22. The Morgan fingerprint density at radius 2 is 1.66 bits per heavy atom. The van der Waals surface area contributed by atoms with Gasteiger partial charge >= 0.3 is 5.97 Å². The van der Waals surface area contributed by atoms with E-state index in [2.05, 4.69) is 9.72 Å². The van der Waals surface area contributed by atoms with Crippen molar-refractivity contribution in [2.75, 3.05) is 13.2 Å². The molecular weight excluding hydrogens is 369 g/mol. The Morgan fingerprint density at radius 1 is 0.966 bits per heavy atom. The maximum absolute atomic E-state index is 13.7. The summed E-state index contributed by atoms with van der Waals surface area (Å²) in [5, 5.41) is 1.12. The molecular formula is C24H32FNO3. The molecule has 1 heterocycles. The number of unbranched alkanes of at least 4 members (excludes halogenated alkanes) is 6. The molecule has 29 heavy (non-hydrogen) atoms. The van der Waals surface area contributed by atoms with Crippen LogP contribution in [0.4, 0.5) is 4.39 Å². The van der Waals surface area contributed by atoms with E-state index in [1.165, 1.54) is 6.42 Å². The van der Waals surface area contributed by atoms with Crippen LogP contribution >= 0.6 is 0 Å². The third-order valence-corrected chi connectivity index (χ3v) is 4.85. The first-order valence-corrected chi connectivity index (χ1v) is 10.6. The molecule has 0 unspecified atom stereocenters. The standard InChI is InChI=1S/C24H32FNO3/c1-3-28-24(27)23(25)19(2)13-9-7-5-4-6-8-12-18-29-22-17-16-20-14-10-11-15-21(20)26-22/h10-11,14-17H,3-9,12-13,18H2,1-2H3. The van der Waals surface area contributed by atoms with E-state index in [9.17, 15) is 9.18 Å². The van der Waals surface area contributed by atoms with E-state index in [1.807, 2.05) is 36.4 Å². The molecule has 0 bridgehead atoms. The molecule has 0 aliphatic carbocycles. The molecule has 5 heteroatoms. The zero-order chi connectivity index (χ0) is 20.9. The van der Waals surface area contributed by atoms with Crippen molar-refractivity contribution in [1.29, 1.82) is 0 Å². The molecule has 0 saturated carbocycles. The number of aromatic nitrogens is 1. The van der Waals surface area contributed by atoms with Gasteiger partial charge in [-0.1, -0.05) is 50.3 Å². The van der Waals surface area contributed by atoms with Crippen molar-refractivity contribution in [2.24, 2.45) is 0 Å². The van der Waals surface area contributed by atoms with E-state index in [1.54, 1.807) is 13.8 Å². The maximum atomic E-state index is 13.7. The number of carbonyl (C=O) groups excluding carboxylic acids is 1. The monoisotopic (exact) mass is 401 g/mol. The van der Waals surface area contributed by atoms with Crippen molar-refractivity contribution in [1.82, 2.24) is 4.98 Å². The summed E-state index contributed by atoms with van der Waals surface area (Å²) in [5.41, 5.74) is 1.44. The number of esters is 1. The number of pyridine rings is 1. The van der Waals surface area contributed by atoms with Gasteiger partial charge in [0.2, 0.25) is 11.7 Å². The van der Waals surface area contributed by atoms with E-state index in [0.29, 0.717) is 24.5 Å². The van der Waals surface area contributed by atoms with Crippen molar-refractivity contribution >= 4 is 16.9 Å². The first-order valence-electron chi connectivity index (χ1n) is 10.6. The molecule has 0 spiro atoms. The largest absolute Gasteiger partial charge is 0.478 e. The number of benzene rings is 1. The fourth-order valence-electron chi connectivity index (χ4n) is 3.16. The molecule has 0 aliphatic heterocycles. The second-order valence-corrected chi connectivity index (χ2v) is 7.23. The third kappa shape index (κ3) is 8.22. The van der Waals surface area contributed by atoms with Crippen LogP contribution in [0.3, 0.4) is 0 Å². The molecule has 0 N–H and O–H groups in total. The van der Waals surface area contributed by atoms with Gasteiger partial charge in [-0.05, 0) is 50.8 Å². The summed E-state index contributed by atoms with van der Waals surface area (Å²) < 4.78 is 24.1. The lowest BCUT2D eigenvalue weighted by Crippen LogP contribution is -2.06. The van der Waals surface area contributed by atoms with Gasteiger partial charge in [0, 0.05) is 11.5 Å². The van der Waals surface area contributed by atoms with Gasteiger partial charge in [0.25, 0.3) is 0 Å². The quantitative estimate of drug-likeness (QED) is 0.217. The van der Waals surface area contributed by atoms with Crippen LogP contribution in [0.2, 0.25) is 0 Å². The fourth-order valence-corrected chi connectivity index (χ4v) is 3.16. The molecule has 2 aromatic rings. The number of allylic oxidation sites excluding steroid dienone is 1. The van der Waals surface area contributed by atoms with Gasteiger partial charge in [-0.25, -0.2) is 9.78 Å². The lowest BCUT2D eigenvalue weighted by Gasteiger charge is -2.07. The highest BCUT2D eigenvalue weighted by molar-refractivity contribution is 5.86. The van der Waals surface area contributed by atoms with Gasteiger partial charge in [0.15, 0.2) is 0 Å². The number of nitrogens with zero attached hydrogens (tertiary/aromatic N) is 1. The van der Waals surface area contributed by atoms with Gasteiger partial charge in [-0.3, -0.25) is 0 Å². The Bertz CT molecular complexity index is 804. The first-order chi connectivity index (χ1) is 14.1. The van der Waals surface area contributed by atoms with Crippen LogP contribution in [-0.4, -0.2) is 24.2 Å².